The molecule has 0 saturated heterocycles. The number of ether oxygens (including phenoxy) is 1. The molecule has 1 aliphatic rings. The van der Waals surface area contributed by atoms with Gasteiger partial charge in [0.2, 0.25) is 0 Å². The van der Waals surface area contributed by atoms with Gasteiger partial charge >= 0.3 is 0 Å². The number of pyridine rings is 1. The van der Waals surface area contributed by atoms with E-state index >= 15 is 0 Å². The molecule has 1 aliphatic heterocycles. The van der Waals surface area contributed by atoms with E-state index in [9.17, 15) is 9.90 Å². The van der Waals surface area contributed by atoms with Crippen molar-refractivity contribution in [2.75, 3.05) is 6.61 Å². The van der Waals surface area contributed by atoms with Gasteiger partial charge in [-0.25, -0.2) is 0 Å². The van der Waals surface area contributed by atoms with Gasteiger partial charge in [-0.1, -0.05) is 12.1 Å². The third kappa shape index (κ3) is 1.83. The van der Waals surface area contributed by atoms with Gasteiger partial charge in [-0.3, -0.25) is 9.78 Å². The molecule has 3 rings (SSSR count). The van der Waals surface area contributed by atoms with Crippen molar-refractivity contribution in [3.63, 3.8) is 0 Å². The van der Waals surface area contributed by atoms with Crippen LogP contribution in [0.3, 0.4) is 0 Å². The van der Waals surface area contributed by atoms with Crippen molar-refractivity contribution in [1.82, 2.24) is 10.3 Å². The molecule has 5 nitrogen and oxygen atoms in total. The van der Waals surface area contributed by atoms with Gasteiger partial charge in [0.1, 0.15) is 5.75 Å². The van der Waals surface area contributed by atoms with E-state index in [0.717, 1.165) is 0 Å². The second-order valence-electron chi connectivity index (χ2n) is 4.55. The molecule has 0 fully saturated rings. The summed E-state index contributed by atoms with van der Waals surface area (Å²) in [4.78, 5) is 15.8. The Hall–Kier alpha value is -2.40. The zero-order valence-corrected chi connectivity index (χ0v) is 11.0. The Bertz CT molecular complexity index is 672. The predicted octanol–water partition coefficient (Wildman–Crippen LogP) is 1.42. The smallest absolute Gasteiger partial charge is 0.256 e. The van der Waals surface area contributed by atoms with Crippen LogP contribution in [0, 0.1) is 0 Å². The highest BCUT2D eigenvalue weighted by Crippen LogP contribution is 2.35. The van der Waals surface area contributed by atoms with E-state index in [1.807, 2.05) is 6.92 Å². The number of rotatable bonds is 3. The average Bonchev–Trinajstić information content (AvgIpc) is 2.73. The zero-order valence-electron chi connectivity index (χ0n) is 11.0. The third-order valence-electron chi connectivity index (χ3n) is 3.31. The molecule has 2 N–H and O–H groups in total. The van der Waals surface area contributed by atoms with Crippen LogP contribution in [0.25, 0.3) is 0 Å². The molecular formula is C15H14N2O3. The summed E-state index contributed by atoms with van der Waals surface area (Å²) in [6, 6.07) is 8.70. The molecule has 102 valence electrons. The van der Waals surface area contributed by atoms with E-state index < -0.39 is 5.72 Å². The van der Waals surface area contributed by atoms with Gasteiger partial charge in [-0.15, -0.1) is 0 Å². The molecule has 2 heterocycles. The normalized spacial score (nSPS) is 20.4. The number of benzene rings is 1. The van der Waals surface area contributed by atoms with Gasteiger partial charge in [0.05, 0.1) is 12.2 Å². The molecule has 5 heteroatoms. The summed E-state index contributed by atoms with van der Waals surface area (Å²) in [5.41, 5.74) is -0.0904. The summed E-state index contributed by atoms with van der Waals surface area (Å²) >= 11 is 0. The van der Waals surface area contributed by atoms with Gasteiger partial charge < -0.3 is 15.2 Å². The number of aromatic nitrogens is 1. The largest absolute Gasteiger partial charge is 0.494 e. The molecule has 20 heavy (non-hydrogen) atoms. The van der Waals surface area contributed by atoms with E-state index in [4.69, 9.17) is 4.74 Å². The average molecular weight is 270 g/mol. The Morgan fingerprint density at radius 2 is 2.25 bits per heavy atom. The highest BCUT2D eigenvalue weighted by Gasteiger charge is 2.43. The van der Waals surface area contributed by atoms with Crippen molar-refractivity contribution in [3.8, 4) is 5.75 Å². The van der Waals surface area contributed by atoms with Gasteiger partial charge in [0, 0.05) is 23.5 Å². The first-order valence-electron chi connectivity index (χ1n) is 6.38. The fourth-order valence-corrected chi connectivity index (χ4v) is 2.40. The van der Waals surface area contributed by atoms with Crippen LogP contribution >= 0.6 is 0 Å². The highest BCUT2D eigenvalue weighted by atomic mass is 16.5. The summed E-state index contributed by atoms with van der Waals surface area (Å²) in [6.45, 7) is 2.43. The number of fused-ring (bicyclic) bond motifs is 1. The second kappa shape index (κ2) is 4.61. The van der Waals surface area contributed by atoms with E-state index in [-0.39, 0.29) is 5.91 Å². The van der Waals surface area contributed by atoms with E-state index in [0.29, 0.717) is 29.0 Å². The minimum Gasteiger partial charge on any atom is -0.494 e. The number of nitrogens with one attached hydrogen (secondary N) is 1. The molecule has 0 radical (unpaired) electrons. The standard InChI is InChI=1S/C15H14N2O3/c1-2-20-11-5-3-4-10(8-11)15(19)13-6-7-16-9-12(13)14(18)17-15/h3-9,19H,2H2,1H3,(H,17,18). The number of amides is 1. The fourth-order valence-electron chi connectivity index (χ4n) is 2.40. The maximum Gasteiger partial charge on any atom is 0.256 e. The zero-order chi connectivity index (χ0) is 14.2. The Morgan fingerprint density at radius 3 is 3.05 bits per heavy atom. The third-order valence-corrected chi connectivity index (χ3v) is 3.31. The monoisotopic (exact) mass is 270 g/mol. The Labute approximate surface area is 116 Å². The molecule has 0 aliphatic carbocycles. The molecule has 0 spiro atoms. The lowest BCUT2D eigenvalue weighted by Gasteiger charge is -2.24. The number of carbonyl (C=O) groups is 1. The van der Waals surface area contributed by atoms with Crippen LogP contribution < -0.4 is 10.1 Å². The van der Waals surface area contributed by atoms with Crippen molar-refractivity contribution in [3.05, 3.63) is 59.4 Å². The lowest BCUT2D eigenvalue weighted by molar-refractivity contribution is 0.0474. The van der Waals surface area contributed by atoms with Gasteiger partial charge in [0.25, 0.3) is 5.91 Å². The summed E-state index contributed by atoms with van der Waals surface area (Å²) < 4.78 is 5.43. The van der Waals surface area contributed by atoms with E-state index in [2.05, 4.69) is 10.3 Å². The quantitative estimate of drug-likeness (QED) is 0.884. The fraction of sp³-hybridized carbons (Fsp3) is 0.200. The molecule has 0 saturated carbocycles. The van der Waals surface area contributed by atoms with Crippen LogP contribution in [0.1, 0.15) is 28.4 Å². The van der Waals surface area contributed by atoms with Gasteiger partial charge in [-0.2, -0.15) is 0 Å². The van der Waals surface area contributed by atoms with Crippen LogP contribution in [0.15, 0.2) is 42.7 Å². The number of aliphatic hydroxyl groups is 1. The van der Waals surface area contributed by atoms with Crippen molar-refractivity contribution >= 4 is 5.91 Å². The van der Waals surface area contributed by atoms with Gasteiger partial charge in [-0.05, 0) is 25.1 Å². The van der Waals surface area contributed by atoms with E-state index in [1.165, 1.54) is 6.20 Å². The topological polar surface area (TPSA) is 71.5 Å². The molecule has 1 amide bonds. The molecule has 1 atom stereocenters. The molecule has 2 aromatic rings. The predicted molar refractivity (Wildman–Crippen MR) is 72.3 cm³/mol. The Balaban J connectivity index is 2.10. The second-order valence-corrected chi connectivity index (χ2v) is 4.55. The molecular weight excluding hydrogens is 256 g/mol. The Morgan fingerprint density at radius 1 is 1.40 bits per heavy atom. The van der Waals surface area contributed by atoms with Crippen molar-refractivity contribution < 1.29 is 14.6 Å². The van der Waals surface area contributed by atoms with Crippen molar-refractivity contribution in [1.29, 1.82) is 0 Å². The van der Waals surface area contributed by atoms with Crippen LogP contribution in [0.2, 0.25) is 0 Å². The highest BCUT2D eigenvalue weighted by molar-refractivity contribution is 6.00. The molecule has 1 unspecified atom stereocenters. The summed E-state index contributed by atoms with van der Waals surface area (Å²) in [6.07, 6.45) is 3.01. The molecule has 1 aromatic carbocycles. The van der Waals surface area contributed by atoms with Crippen LogP contribution in [0.4, 0.5) is 0 Å². The maximum absolute atomic E-state index is 11.9. The van der Waals surface area contributed by atoms with E-state index in [1.54, 1.807) is 36.5 Å². The maximum atomic E-state index is 11.9. The summed E-state index contributed by atoms with van der Waals surface area (Å²) in [5, 5.41) is 13.5. The Kier molecular flexibility index (Phi) is 2.91. The van der Waals surface area contributed by atoms with Gasteiger partial charge in [0.15, 0.2) is 5.72 Å². The number of hydrogen-bond acceptors (Lipinski definition) is 4. The SMILES string of the molecule is CCOc1cccc(C2(O)NC(=O)c3cnccc32)c1. The minimum absolute atomic E-state index is 0.336. The summed E-state index contributed by atoms with van der Waals surface area (Å²) in [5.74, 6) is 0.313. The van der Waals surface area contributed by atoms with Crippen molar-refractivity contribution in [2.24, 2.45) is 0 Å². The number of carbonyl (C=O) groups excluding carboxylic acids is 1. The first-order valence-corrected chi connectivity index (χ1v) is 6.38. The van der Waals surface area contributed by atoms with Crippen LogP contribution in [-0.4, -0.2) is 22.6 Å². The van der Waals surface area contributed by atoms with Crippen LogP contribution in [-0.2, 0) is 5.72 Å². The number of nitrogens with zero attached hydrogens (tertiary/aromatic N) is 1. The first kappa shape index (κ1) is 12.6. The molecule has 0 bridgehead atoms. The van der Waals surface area contributed by atoms with Crippen molar-refractivity contribution in [2.45, 2.75) is 12.6 Å². The summed E-state index contributed by atoms with van der Waals surface area (Å²) in [7, 11) is 0. The minimum atomic E-state index is -1.54. The number of hydrogen-bond donors (Lipinski definition) is 2. The first-order chi connectivity index (χ1) is 9.65. The lowest BCUT2D eigenvalue weighted by atomic mass is 9.95. The lowest BCUT2D eigenvalue weighted by Crippen LogP contribution is -2.40. The van der Waals surface area contributed by atoms with Crippen LogP contribution in [0.5, 0.6) is 5.75 Å². The molecule has 1 aromatic heterocycles.